The number of nitrogens with zero attached hydrogens (tertiary/aromatic N) is 1. The predicted octanol–water partition coefficient (Wildman–Crippen LogP) is 2.95. The maximum absolute atomic E-state index is 13.0. The van der Waals surface area contributed by atoms with Gasteiger partial charge in [0, 0.05) is 29.4 Å². The lowest BCUT2D eigenvalue weighted by Gasteiger charge is -2.12. The summed E-state index contributed by atoms with van der Waals surface area (Å²) in [6.45, 7) is -0.141. The number of carbonyl (C=O) groups excluding carboxylic acids is 3. The van der Waals surface area contributed by atoms with Gasteiger partial charge in [0.2, 0.25) is 5.91 Å². The predicted molar refractivity (Wildman–Crippen MR) is 117 cm³/mol. The monoisotopic (exact) mass is 412 g/mol. The largest absolute Gasteiger partial charge is 0.358 e. The van der Waals surface area contributed by atoms with Gasteiger partial charge in [-0.3, -0.25) is 14.4 Å². The van der Waals surface area contributed by atoms with Gasteiger partial charge in [-0.1, -0.05) is 42.5 Å². The molecule has 0 heterocycles. The molecular weight excluding hydrogens is 392 g/mol. The van der Waals surface area contributed by atoms with Gasteiger partial charge < -0.3 is 16.0 Å². The molecular formula is C24H20N4O3. The van der Waals surface area contributed by atoms with E-state index in [0.717, 1.165) is 0 Å². The Morgan fingerprint density at radius 1 is 0.871 bits per heavy atom. The number of rotatable bonds is 6. The van der Waals surface area contributed by atoms with Crippen LogP contribution >= 0.6 is 0 Å². The van der Waals surface area contributed by atoms with Gasteiger partial charge in [-0.25, -0.2) is 0 Å². The normalized spacial score (nSPS) is 9.94. The fraction of sp³-hybridized carbons (Fsp3) is 0.0833. The van der Waals surface area contributed by atoms with Crippen LogP contribution in [0, 0.1) is 11.3 Å². The molecule has 154 valence electrons. The van der Waals surface area contributed by atoms with Crippen molar-refractivity contribution in [3.05, 3.63) is 89.5 Å². The zero-order valence-corrected chi connectivity index (χ0v) is 16.8. The van der Waals surface area contributed by atoms with Crippen LogP contribution in [0.3, 0.4) is 0 Å². The second-order valence-corrected chi connectivity index (χ2v) is 6.59. The molecule has 0 radical (unpaired) electrons. The van der Waals surface area contributed by atoms with Crippen molar-refractivity contribution in [2.45, 2.75) is 0 Å². The molecule has 3 amide bonds. The lowest BCUT2D eigenvalue weighted by molar-refractivity contribution is -0.119. The maximum Gasteiger partial charge on any atom is 0.256 e. The van der Waals surface area contributed by atoms with E-state index in [-0.39, 0.29) is 18.4 Å². The Kier molecular flexibility index (Phi) is 6.76. The van der Waals surface area contributed by atoms with Crippen LogP contribution in [-0.4, -0.2) is 31.3 Å². The van der Waals surface area contributed by atoms with Crippen molar-refractivity contribution in [3.63, 3.8) is 0 Å². The van der Waals surface area contributed by atoms with Gasteiger partial charge in [-0.05, 0) is 35.9 Å². The van der Waals surface area contributed by atoms with Crippen molar-refractivity contribution in [3.8, 4) is 17.2 Å². The summed E-state index contributed by atoms with van der Waals surface area (Å²) in [6, 6.07) is 22.7. The summed E-state index contributed by atoms with van der Waals surface area (Å²) in [5.41, 5.74) is 2.91. The molecule has 3 N–H and O–H groups in total. The number of hydrogen-bond acceptors (Lipinski definition) is 4. The van der Waals surface area contributed by atoms with Crippen molar-refractivity contribution in [1.82, 2.24) is 10.6 Å². The van der Waals surface area contributed by atoms with Gasteiger partial charge in [0.25, 0.3) is 11.8 Å². The summed E-state index contributed by atoms with van der Waals surface area (Å²) in [5, 5.41) is 17.1. The Balaban J connectivity index is 1.83. The van der Waals surface area contributed by atoms with Crippen LogP contribution in [0.5, 0.6) is 0 Å². The summed E-state index contributed by atoms with van der Waals surface area (Å²) in [6.07, 6.45) is 0. The SMILES string of the molecule is CNC(=O)CNC(=O)c1cccc(NC(=O)c2ccccc2-c2ccccc2C#N)c1. The molecule has 0 aliphatic heterocycles. The van der Waals surface area contributed by atoms with Crippen molar-refractivity contribution in [2.75, 3.05) is 18.9 Å². The molecule has 0 aromatic heterocycles. The van der Waals surface area contributed by atoms with Crippen LogP contribution < -0.4 is 16.0 Å². The number of anilines is 1. The van der Waals surface area contributed by atoms with E-state index in [4.69, 9.17) is 0 Å². The van der Waals surface area contributed by atoms with E-state index >= 15 is 0 Å². The Bertz CT molecular complexity index is 1180. The van der Waals surface area contributed by atoms with Gasteiger partial charge in [0.15, 0.2) is 0 Å². The van der Waals surface area contributed by atoms with E-state index in [1.54, 1.807) is 60.7 Å². The first-order chi connectivity index (χ1) is 15.0. The molecule has 0 aliphatic rings. The molecule has 0 spiro atoms. The lowest BCUT2D eigenvalue weighted by atomic mass is 9.95. The van der Waals surface area contributed by atoms with E-state index in [9.17, 15) is 19.6 Å². The molecule has 0 bridgehead atoms. The molecule has 3 aromatic rings. The molecule has 3 rings (SSSR count). The van der Waals surface area contributed by atoms with E-state index in [1.165, 1.54) is 13.1 Å². The minimum absolute atomic E-state index is 0.141. The minimum Gasteiger partial charge on any atom is -0.358 e. The van der Waals surface area contributed by atoms with E-state index in [2.05, 4.69) is 22.0 Å². The Morgan fingerprint density at radius 2 is 1.58 bits per heavy atom. The third kappa shape index (κ3) is 5.14. The summed E-state index contributed by atoms with van der Waals surface area (Å²) >= 11 is 0. The van der Waals surface area contributed by atoms with Crippen molar-refractivity contribution >= 4 is 23.4 Å². The fourth-order valence-electron chi connectivity index (χ4n) is 3.02. The van der Waals surface area contributed by atoms with Gasteiger partial charge in [0.05, 0.1) is 18.2 Å². The third-order valence-electron chi connectivity index (χ3n) is 4.58. The van der Waals surface area contributed by atoms with E-state index in [0.29, 0.717) is 33.5 Å². The first-order valence-electron chi connectivity index (χ1n) is 9.52. The topological polar surface area (TPSA) is 111 Å². The average molecular weight is 412 g/mol. The van der Waals surface area contributed by atoms with Gasteiger partial charge in [-0.2, -0.15) is 5.26 Å². The number of nitriles is 1. The number of nitrogens with one attached hydrogen (secondary N) is 3. The quantitative estimate of drug-likeness (QED) is 0.578. The van der Waals surface area contributed by atoms with E-state index in [1.807, 2.05) is 6.07 Å². The van der Waals surface area contributed by atoms with Gasteiger partial charge in [0.1, 0.15) is 0 Å². The molecule has 0 saturated carbocycles. The molecule has 7 heteroatoms. The molecule has 3 aromatic carbocycles. The number of carbonyl (C=O) groups is 3. The fourth-order valence-corrected chi connectivity index (χ4v) is 3.02. The zero-order valence-electron chi connectivity index (χ0n) is 16.8. The summed E-state index contributed by atoms with van der Waals surface area (Å²) in [7, 11) is 1.48. The van der Waals surface area contributed by atoms with Crippen molar-refractivity contribution < 1.29 is 14.4 Å². The number of amides is 3. The Hall–Kier alpha value is -4.44. The van der Waals surface area contributed by atoms with Crippen molar-refractivity contribution in [2.24, 2.45) is 0 Å². The Labute approximate surface area is 179 Å². The second kappa shape index (κ2) is 9.85. The standard InChI is InChI=1S/C24H20N4O3/c1-26-22(29)15-27-23(30)16-8-6-9-18(13-16)28-24(31)21-12-5-4-11-20(21)19-10-3-2-7-17(19)14-25/h2-13H,15H2,1H3,(H,26,29)(H,27,30)(H,28,31). The maximum atomic E-state index is 13.0. The van der Waals surface area contributed by atoms with Gasteiger partial charge in [-0.15, -0.1) is 0 Å². The van der Waals surface area contributed by atoms with Crippen LogP contribution in [0.15, 0.2) is 72.8 Å². The highest BCUT2D eigenvalue weighted by Gasteiger charge is 2.16. The molecule has 0 unspecified atom stereocenters. The van der Waals surface area contributed by atoms with Crippen LogP contribution in [0.2, 0.25) is 0 Å². The first kappa shape index (κ1) is 21.3. The molecule has 0 aliphatic carbocycles. The summed E-state index contributed by atoms with van der Waals surface area (Å²) in [5.74, 6) is -1.11. The highest BCUT2D eigenvalue weighted by Crippen LogP contribution is 2.27. The average Bonchev–Trinajstić information content (AvgIpc) is 2.82. The number of hydrogen-bond donors (Lipinski definition) is 3. The van der Waals surface area contributed by atoms with Gasteiger partial charge >= 0.3 is 0 Å². The first-order valence-corrected chi connectivity index (χ1v) is 9.52. The van der Waals surface area contributed by atoms with Crippen molar-refractivity contribution in [1.29, 1.82) is 5.26 Å². The highest BCUT2D eigenvalue weighted by atomic mass is 16.2. The van der Waals surface area contributed by atoms with E-state index < -0.39 is 5.91 Å². The molecule has 0 atom stereocenters. The minimum atomic E-state index is -0.428. The molecule has 31 heavy (non-hydrogen) atoms. The number of likely N-dealkylation sites (N-methyl/N-ethyl adjacent to an activating group) is 1. The molecule has 7 nitrogen and oxygen atoms in total. The van der Waals surface area contributed by atoms with Crippen LogP contribution in [-0.2, 0) is 4.79 Å². The second-order valence-electron chi connectivity index (χ2n) is 6.59. The Morgan fingerprint density at radius 3 is 2.32 bits per heavy atom. The summed E-state index contributed by atoms with van der Waals surface area (Å²) < 4.78 is 0. The lowest BCUT2D eigenvalue weighted by Crippen LogP contribution is -2.35. The number of benzene rings is 3. The third-order valence-corrected chi connectivity index (χ3v) is 4.58. The molecule has 0 fully saturated rings. The smallest absolute Gasteiger partial charge is 0.256 e. The highest BCUT2D eigenvalue weighted by molar-refractivity contribution is 6.09. The van der Waals surface area contributed by atoms with Crippen LogP contribution in [0.1, 0.15) is 26.3 Å². The summed E-state index contributed by atoms with van der Waals surface area (Å²) in [4.78, 5) is 36.6. The van der Waals surface area contributed by atoms with Crippen LogP contribution in [0.4, 0.5) is 5.69 Å². The molecule has 0 saturated heterocycles. The van der Waals surface area contributed by atoms with Crippen LogP contribution in [0.25, 0.3) is 11.1 Å². The zero-order chi connectivity index (χ0) is 22.2.